The third-order valence-electron chi connectivity index (χ3n) is 3.71. The molecule has 1 atom stereocenters. The van der Waals surface area contributed by atoms with E-state index in [-0.39, 0.29) is 10.1 Å². The van der Waals surface area contributed by atoms with Crippen LogP contribution in [-0.4, -0.2) is 47.7 Å². The lowest BCUT2D eigenvalue weighted by Gasteiger charge is -2.20. The van der Waals surface area contributed by atoms with Gasteiger partial charge in [0, 0.05) is 20.0 Å². The standard InChI is InChI=1S/C18H23I2N5O2/c1-24(2)11-10-16(19)27-13-8-9-17(21-12-13)22-18(26)25(3)15-7-5-4-6-14(15)23-20/h4-9,12,16,23H,10-11H2,1-3H3,(H,21,22,26). The second-order valence-corrected chi connectivity index (χ2v) is 8.03. The number of urea groups is 1. The van der Waals surface area contributed by atoms with Gasteiger partial charge in [-0.15, -0.1) is 0 Å². The molecule has 146 valence electrons. The first-order chi connectivity index (χ1) is 12.9. The number of alkyl halides is 1. The van der Waals surface area contributed by atoms with E-state index < -0.39 is 0 Å². The second kappa shape index (κ2) is 10.9. The molecule has 2 amide bonds. The number of ether oxygens (including phenoxy) is 1. The van der Waals surface area contributed by atoms with Crippen LogP contribution in [0.5, 0.6) is 5.75 Å². The number of benzene rings is 1. The minimum atomic E-state index is -0.270. The zero-order valence-corrected chi connectivity index (χ0v) is 19.8. The highest BCUT2D eigenvalue weighted by Gasteiger charge is 2.15. The Bertz CT molecular complexity index is 743. The van der Waals surface area contributed by atoms with E-state index in [1.807, 2.05) is 67.3 Å². The van der Waals surface area contributed by atoms with Crippen molar-refractivity contribution >= 4 is 68.7 Å². The van der Waals surface area contributed by atoms with Gasteiger partial charge in [-0.1, -0.05) is 12.1 Å². The topological polar surface area (TPSA) is 69.7 Å². The van der Waals surface area contributed by atoms with Crippen LogP contribution in [0.4, 0.5) is 22.0 Å². The molecule has 2 N–H and O–H groups in total. The monoisotopic (exact) mass is 595 g/mol. The van der Waals surface area contributed by atoms with Crippen LogP contribution < -0.4 is 18.5 Å². The molecule has 1 aromatic carbocycles. The first-order valence-corrected chi connectivity index (χ1v) is 10.6. The zero-order chi connectivity index (χ0) is 19.8. The lowest BCUT2D eigenvalue weighted by molar-refractivity contribution is 0.258. The highest BCUT2D eigenvalue weighted by atomic mass is 127. The molecule has 0 spiro atoms. The van der Waals surface area contributed by atoms with Crippen LogP contribution in [0, 0.1) is 0 Å². The quantitative estimate of drug-likeness (QED) is 0.266. The fraction of sp³-hybridized carbons (Fsp3) is 0.333. The Balaban J connectivity index is 1.94. The van der Waals surface area contributed by atoms with Crippen LogP contribution in [0.1, 0.15) is 6.42 Å². The van der Waals surface area contributed by atoms with Crippen LogP contribution in [0.2, 0.25) is 0 Å². The summed E-state index contributed by atoms with van der Waals surface area (Å²) in [7, 11) is 5.78. The predicted octanol–water partition coefficient (Wildman–Crippen LogP) is 4.60. The molecule has 0 saturated carbocycles. The summed E-state index contributed by atoms with van der Waals surface area (Å²) in [6.07, 6.45) is 2.54. The minimum absolute atomic E-state index is 0.0654. The number of nitrogens with zero attached hydrogens (tertiary/aromatic N) is 3. The molecule has 1 heterocycles. The van der Waals surface area contributed by atoms with E-state index in [4.69, 9.17) is 4.74 Å². The molecule has 0 radical (unpaired) electrons. The smallest absolute Gasteiger partial charge is 0.327 e. The summed E-state index contributed by atoms with van der Waals surface area (Å²) in [5.74, 6) is 1.15. The lowest BCUT2D eigenvalue weighted by Crippen LogP contribution is -2.31. The number of carbonyl (C=O) groups is 1. The van der Waals surface area contributed by atoms with Gasteiger partial charge in [0.2, 0.25) is 0 Å². The number of rotatable bonds is 8. The normalized spacial score (nSPS) is 11.8. The molecule has 1 unspecified atom stereocenters. The van der Waals surface area contributed by atoms with Crippen LogP contribution in [0.25, 0.3) is 0 Å². The molecule has 7 nitrogen and oxygen atoms in total. The van der Waals surface area contributed by atoms with Crippen LogP contribution >= 0.6 is 45.5 Å². The van der Waals surface area contributed by atoms with E-state index in [9.17, 15) is 4.79 Å². The SMILES string of the molecule is CN(C)CCC(I)Oc1ccc(NC(=O)N(C)c2ccccc2NI)nc1. The van der Waals surface area contributed by atoms with Gasteiger partial charge < -0.3 is 13.2 Å². The largest absolute Gasteiger partial charge is 0.479 e. The first-order valence-electron chi connectivity index (χ1n) is 8.32. The molecule has 0 fully saturated rings. The van der Waals surface area contributed by atoms with E-state index in [1.165, 1.54) is 4.90 Å². The highest BCUT2D eigenvalue weighted by Crippen LogP contribution is 2.26. The summed E-state index contributed by atoms with van der Waals surface area (Å²) in [6, 6.07) is 10.9. The third kappa shape index (κ3) is 6.96. The third-order valence-corrected chi connectivity index (χ3v) is 5.17. The Kier molecular flexibility index (Phi) is 8.83. The second-order valence-electron chi connectivity index (χ2n) is 6.10. The average Bonchev–Trinajstić information content (AvgIpc) is 2.67. The van der Waals surface area contributed by atoms with Crippen LogP contribution in [0.3, 0.4) is 0 Å². The van der Waals surface area contributed by atoms with Crippen LogP contribution in [0.15, 0.2) is 42.6 Å². The number of pyridine rings is 1. The molecule has 2 aromatic rings. The fourth-order valence-corrected chi connectivity index (χ4v) is 3.27. The Morgan fingerprint density at radius 1 is 1.22 bits per heavy atom. The number of hydrogen-bond donors (Lipinski definition) is 2. The van der Waals surface area contributed by atoms with Gasteiger partial charge in [0.25, 0.3) is 0 Å². The van der Waals surface area contributed by atoms with Crippen molar-refractivity contribution in [1.29, 1.82) is 0 Å². The van der Waals surface area contributed by atoms with Gasteiger partial charge in [-0.25, -0.2) is 9.78 Å². The van der Waals surface area contributed by atoms with E-state index in [0.717, 1.165) is 24.3 Å². The maximum absolute atomic E-state index is 12.5. The molecule has 0 bridgehead atoms. The molecule has 27 heavy (non-hydrogen) atoms. The van der Waals surface area contributed by atoms with Crippen molar-refractivity contribution in [3.63, 3.8) is 0 Å². The van der Waals surface area contributed by atoms with Gasteiger partial charge in [-0.3, -0.25) is 10.2 Å². The Hall–Kier alpha value is -1.34. The van der Waals surface area contributed by atoms with Crippen molar-refractivity contribution in [3.8, 4) is 5.75 Å². The summed E-state index contributed by atoms with van der Waals surface area (Å²) in [6.45, 7) is 0.953. The molecule has 0 saturated heterocycles. The van der Waals surface area contributed by atoms with Gasteiger partial charge in [0.15, 0.2) is 4.11 Å². The van der Waals surface area contributed by atoms with E-state index in [0.29, 0.717) is 11.6 Å². The van der Waals surface area contributed by atoms with Crippen molar-refractivity contribution < 1.29 is 9.53 Å². The maximum Gasteiger partial charge on any atom is 0.327 e. The molecular formula is C18H23I2N5O2. The molecule has 0 aliphatic heterocycles. The number of aromatic nitrogens is 1. The Labute approximate surface area is 187 Å². The summed E-state index contributed by atoms with van der Waals surface area (Å²) >= 11 is 4.31. The van der Waals surface area contributed by atoms with Crippen molar-refractivity contribution in [2.45, 2.75) is 10.5 Å². The van der Waals surface area contributed by atoms with Crippen molar-refractivity contribution in [1.82, 2.24) is 9.88 Å². The number of amides is 2. The number of halogens is 2. The molecule has 2 rings (SSSR count). The van der Waals surface area contributed by atoms with E-state index >= 15 is 0 Å². The Morgan fingerprint density at radius 3 is 2.59 bits per heavy atom. The molecule has 0 aliphatic carbocycles. The average molecular weight is 595 g/mol. The van der Waals surface area contributed by atoms with Gasteiger partial charge in [-0.05, 0) is 61.0 Å². The van der Waals surface area contributed by atoms with E-state index in [1.54, 1.807) is 19.3 Å². The van der Waals surface area contributed by atoms with Crippen molar-refractivity contribution in [3.05, 3.63) is 42.6 Å². The number of nitrogens with one attached hydrogen (secondary N) is 2. The number of hydrogen-bond acceptors (Lipinski definition) is 5. The lowest BCUT2D eigenvalue weighted by atomic mass is 10.2. The molecule has 0 aliphatic rings. The predicted molar refractivity (Wildman–Crippen MR) is 127 cm³/mol. The zero-order valence-electron chi connectivity index (χ0n) is 15.4. The summed E-state index contributed by atoms with van der Waals surface area (Å²) < 4.78 is 8.95. The van der Waals surface area contributed by atoms with Gasteiger partial charge in [0.1, 0.15) is 11.6 Å². The number of anilines is 3. The fourth-order valence-electron chi connectivity index (χ4n) is 2.24. The number of carbonyl (C=O) groups excluding carboxylic acids is 1. The van der Waals surface area contributed by atoms with Gasteiger partial charge in [0.05, 0.1) is 40.4 Å². The molecular weight excluding hydrogens is 572 g/mol. The van der Waals surface area contributed by atoms with Gasteiger partial charge >= 0.3 is 6.03 Å². The number of para-hydroxylation sites is 2. The molecule has 9 heteroatoms. The van der Waals surface area contributed by atoms with Gasteiger partial charge in [-0.2, -0.15) is 0 Å². The maximum atomic E-state index is 12.5. The van der Waals surface area contributed by atoms with E-state index in [2.05, 4.69) is 41.3 Å². The van der Waals surface area contributed by atoms with Crippen LogP contribution in [-0.2, 0) is 0 Å². The summed E-state index contributed by atoms with van der Waals surface area (Å²) in [5, 5.41) is 2.79. The summed E-state index contributed by atoms with van der Waals surface area (Å²) in [4.78, 5) is 20.4. The minimum Gasteiger partial charge on any atom is -0.479 e. The Morgan fingerprint density at radius 2 is 1.96 bits per heavy atom. The highest BCUT2D eigenvalue weighted by molar-refractivity contribution is 14.1. The van der Waals surface area contributed by atoms with Crippen molar-refractivity contribution in [2.24, 2.45) is 0 Å². The molecule has 1 aromatic heterocycles. The summed E-state index contributed by atoms with van der Waals surface area (Å²) in [5.41, 5.74) is 1.64. The van der Waals surface area contributed by atoms with Crippen molar-refractivity contribution in [2.75, 3.05) is 41.4 Å². The first kappa shape index (κ1) is 22.0.